The van der Waals surface area contributed by atoms with Crippen molar-refractivity contribution in [1.82, 2.24) is 10.3 Å². The zero-order valence-electron chi connectivity index (χ0n) is 9.93. The highest BCUT2D eigenvalue weighted by molar-refractivity contribution is 5.93. The van der Waals surface area contributed by atoms with Gasteiger partial charge in [0.15, 0.2) is 0 Å². The molecule has 0 radical (unpaired) electrons. The van der Waals surface area contributed by atoms with E-state index in [0.29, 0.717) is 11.3 Å². The van der Waals surface area contributed by atoms with E-state index < -0.39 is 12.1 Å². The molecule has 1 atom stereocenters. The van der Waals surface area contributed by atoms with Gasteiger partial charge in [0.2, 0.25) is 0 Å². The van der Waals surface area contributed by atoms with E-state index in [4.69, 9.17) is 5.26 Å². The molecule has 0 aromatic carbocycles. The highest BCUT2D eigenvalue weighted by atomic mass is 19.1. The maximum Gasteiger partial charge on any atom is 0.274 e. The molecule has 0 saturated heterocycles. The monoisotopic (exact) mass is 255 g/mol. The van der Waals surface area contributed by atoms with E-state index in [0.717, 1.165) is 0 Å². The van der Waals surface area contributed by atoms with Crippen LogP contribution in [0.5, 0.6) is 0 Å². The van der Waals surface area contributed by atoms with Gasteiger partial charge in [-0.05, 0) is 35.9 Å². The van der Waals surface area contributed by atoms with Gasteiger partial charge in [0.05, 0.1) is 5.56 Å². The fraction of sp³-hybridized carbons (Fsp3) is 0.0714. The quantitative estimate of drug-likeness (QED) is 0.879. The second-order valence-electron chi connectivity index (χ2n) is 3.93. The Bertz CT molecular complexity index is 623. The summed E-state index contributed by atoms with van der Waals surface area (Å²) in [7, 11) is 0. The van der Waals surface area contributed by atoms with Crippen LogP contribution >= 0.6 is 0 Å². The van der Waals surface area contributed by atoms with Crippen LogP contribution in [0.1, 0.15) is 16.1 Å². The first-order valence-corrected chi connectivity index (χ1v) is 5.50. The molecule has 5 heteroatoms. The van der Waals surface area contributed by atoms with Crippen molar-refractivity contribution >= 4 is 5.91 Å². The van der Waals surface area contributed by atoms with Crippen molar-refractivity contribution < 1.29 is 9.18 Å². The maximum atomic E-state index is 13.1. The molecule has 0 fully saturated rings. The minimum atomic E-state index is -1.21. The van der Waals surface area contributed by atoms with Gasteiger partial charge < -0.3 is 5.32 Å². The summed E-state index contributed by atoms with van der Waals surface area (Å²) < 4.78 is 13.1. The topological polar surface area (TPSA) is 65.8 Å². The Morgan fingerprint density at radius 1 is 1.53 bits per heavy atom. The molecule has 0 bridgehead atoms. The standard InChI is InChI=1S/C14H10FN3O/c1-9-6-11(3-4-12(9)15)18-14(19)13-5-2-10(7-16)8-17-13/h2-6,8,12H,1H2,(H,18,19). The number of nitrogens with one attached hydrogen (secondary N) is 1. The smallest absolute Gasteiger partial charge is 0.274 e. The molecule has 1 unspecified atom stereocenters. The lowest BCUT2D eigenvalue weighted by Crippen LogP contribution is -2.24. The number of halogens is 1. The molecule has 4 nitrogen and oxygen atoms in total. The largest absolute Gasteiger partial charge is 0.321 e. The molecular formula is C14H10FN3O. The molecule has 1 aromatic rings. The van der Waals surface area contributed by atoms with Gasteiger partial charge in [-0.25, -0.2) is 9.37 Å². The fourth-order valence-corrected chi connectivity index (χ4v) is 1.51. The number of amides is 1. The van der Waals surface area contributed by atoms with Crippen LogP contribution in [0.3, 0.4) is 0 Å². The number of carbonyl (C=O) groups is 1. The highest BCUT2D eigenvalue weighted by Crippen LogP contribution is 2.16. The second kappa shape index (κ2) is 5.27. The normalized spacial score (nSPS) is 17.6. The molecule has 1 aliphatic carbocycles. The van der Waals surface area contributed by atoms with Crippen LogP contribution < -0.4 is 5.32 Å². The van der Waals surface area contributed by atoms with E-state index in [9.17, 15) is 9.18 Å². The minimum Gasteiger partial charge on any atom is -0.321 e. The summed E-state index contributed by atoms with van der Waals surface area (Å²) >= 11 is 0. The van der Waals surface area contributed by atoms with Crippen LogP contribution in [0, 0.1) is 11.3 Å². The summed E-state index contributed by atoms with van der Waals surface area (Å²) in [4.78, 5) is 15.7. The Hall–Kier alpha value is -2.74. The average Bonchev–Trinajstić information content (AvgIpc) is 2.43. The van der Waals surface area contributed by atoms with Crippen LogP contribution in [0.2, 0.25) is 0 Å². The van der Waals surface area contributed by atoms with Crippen molar-refractivity contribution in [1.29, 1.82) is 5.26 Å². The van der Waals surface area contributed by atoms with Crippen LogP contribution in [0.15, 0.2) is 54.4 Å². The van der Waals surface area contributed by atoms with Crippen molar-refractivity contribution in [3.05, 3.63) is 65.7 Å². The Balaban J connectivity index is 2.09. The van der Waals surface area contributed by atoms with E-state index in [-0.39, 0.29) is 11.3 Å². The predicted molar refractivity (Wildman–Crippen MR) is 67.7 cm³/mol. The number of hydrogen-bond acceptors (Lipinski definition) is 3. The van der Waals surface area contributed by atoms with Gasteiger partial charge in [-0.15, -0.1) is 0 Å². The third-order valence-electron chi connectivity index (χ3n) is 2.52. The highest BCUT2D eigenvalue weighted by Gasteiger charge is 2.13. The van der Waals surface area contributed by atoms with Gasteiger partial charge in [0.25, 0.3) is 5.91 Å². The van der Waals surface area contributed by atoms with Crippen LogP contribution in [0.4, 0.5) is 4.39 Å². The third-order valence-corrected chi connectivity index (χ3v) is 2.52. The average molecular weight is 255 g/mol. The van der Waals surface area contributed by atoms with Crippen molar-refractivity contribution in [2.24, 2.45) is 0 Å². The van der Waals surface area contributed by atoms with E-state index in [1.54, 1.807) is 0 Å². The number of pyridine rings is 1. The summed E-state index contributed by atoms with van der Waals surface area (Å²) in [6, 6.07) is 4.87. The van der Waals surface area contributed by atoms with Gasteiger partial charge in [0, 0.05) is 11.9 Å². The molecule has 0 spiro atoms. The van der Waals surface area contributed by atoms with Crippen LogP contribution in [-0.2, 0) is 0 Å². The number of rotatable bonds is 2. The van der Waals surface area contributed by atoms with E-state index in [2.05, 4.69) is 16.9 Å². The van der Waals surface area contributed by atoms with Gasteiger partial charge >= 0.3 is 0 Å². The SMILES string of the molecule is C=C1C=C(NC(=O)c2ccc(C#N)cn2)C=CC1F. The molecule has 0 aliphatic heterocycles. The molecule has 2 rings (SSSR count). The summed E-state index contributed by atoms with van der Waals surface area (Å²) in [5, 5.41) is 11.2. The van der Waals surface area contributed by atoms with E-state index in [1.165, 1.54) is 36.6 Å². The molecule has 1 heterocycles. The first-order valence-electron chi connectivity index (χ1n) is 5.50. The molecular weight excluding hydrogens is 245 g/mol. The molecule has 1 amide bonds. The third kappa shape index (κ3) is 2.93. The molecule has 94 valence electrons. The number of aromatic nitrogens is 1. The van der Waals surface area contributed by atoms with E-state index in [1.807, 2.05) is 6.07 Å². The molecule has 1 aromatic heterocycles. The summed E-state index contributed by atoms with van der Waals surface area (Å²) in [6.45, 7) is 3.54. The lowest BCUT2D eigenvalue weighted by molar-refractivity contribution is 0.0962. The number of hydrogen-bond donors (Lipinski definition) is 1. The lowest BCUT2D eigenvalue weighted by atomic mass is 10.1. The lowest BCUT2D eigenvalue weighted by Gasteiger charge is -2.12. The molecule has 1 N–H and O–H groups in total. The van der Waals surface area contributed by atoms with Crippen molar-refractivity contribution in [2.75, 3.05) is 0 Å². The fourth-order valence-electron chi connectivity index (χ4n) is 1.51. The Labute approximate surface area is 109 Å². The van der Waals surface area contributed by atoms with Crippen LogP contribution in [0.25, 0.3) is 0 Å². The molecule has 1 aliphatic rings. The Morgan fingerprint density at radius 2 is 2.32 bits per heavy atom. The predicted octanol–water partition coefficient (Wildman–Crippen LogP) is 2.03. The van der Waals surface area contributed by atoms with Gasteiger partial charge in [-0.1, -0.05) is 6.58 Å². The Morgan fingerprint density at radius 3 is 2.89 bits per heavy atom. The van der Waals surface area contributed by atoms with Gasteiger partial charge in [-0.3, -0.25) is 4.79 Å². The number of allylic oxidation sites excluding steroid dienone is 4. The second-order valence-corrected chi connectivity index (χ2v) is 3.93. The zero-order valence-corrected chi connectivity index (χ0v) is 9.93. The van der Waals surface area contributed by atoms with E-state index >= 15 is 0 Å². The van der Waals surface area contributed by atoms with Crippen molar-refractivity contribution in [3.63, 3.8) is 0 Å². The maximum absolute atomic E-state index is 13.1. The van der Waals surface area contributed by atoms with Gasteiger partial charge in [-0.2, -0.15) is 5.26 Å². The van der Waals surface area contributed by atoms with Crippen molar-refractivity contribution in [3.8, 4) is 6.07 Å². The Kier molecular flexibility index (Phi) is 3.53. The number of nitriles is 1. The summed E-state index contributed by atoms with van der Waals surface area (Å²) in [5.41, 5.74) is 1.30. The number of carbonyl (C=O) groups excluding carboxylic acids is 1. The summed E-state index contributed by atoms with van der Waals surface area (Å²) in [5.74, 6) is -0.425. The number of alkyl halides is 1. The van der Waals surface area contributed by atoms with Gasteiger partial charge in [0.1, 0.15) is 17.9 Å². The first-order chi connectivity index (χ1) is 9.10. The zero-order chi connectivity index (χ0) is 13.8. The first kappa shape index (κ1) is 12.7. The number of nitrogens with zero attached hydrogens (tertiary/aromatic N) is 2. The van der Waals surface area contributed by atoms with Crippen molar-refractivity contribution in [2.45, 2.75) is 6.17 Å². The minimum absolute atomic E-state index is 0.182. The van der Waals surface area contributed by atoms with Crippen LogP contribution in [-0.4, -0.2) is 17.1 Å². The summed E-state index contributed by atoms with van der Waals surface area (Å²) in [6.07, 6.45) is 4.35. The molecule has 0 saturated carbocycles. The molecule has 19 heavy (non-hydrogen) atoms.